The lowest BCUT2D eigenvalue weighted by molar-refractivity contribution is -0.116. The van der Waals surface area contributed by atoms with Crippen LogP contribution in [0, 0.1) is 0 Å². The van der Waals surface area contributed by atoms with Crippen LogP contribution in [0.3, 0.4) is 0 Å². The average molecular weight is 349 g/mol. The van der Waals surface area contributed by atoms with Gasteiger partial charge in [-0.1, -0.05) is 12.1 Å². The molecule has 0 fully saturated rings. The van der Waals surface area contributed by atoms with Crippen molar-refractivity contribution in [3.63, 3.8) is 0 Å². The summed E-state index contributed by atoms with van der Waals surface area (Å²) in [7, 11) is 0. The van der Waals surface area contributed by atoms with Crippen molar-refractivity contribution in [2.45, 2.75) is 24.8 Å². The third-order valence-electron chi connectivity index (χ3n) is 4.81. The minimum Gasteiger partial charge on any atom is -0.328 e. The molecule has 3 aromatic rings. The molecule has 25 heavy (non-hydrogen) atoms. The number of carbonyl (C=O) groups excluding carboxylic acids is 1. The van der Waals surface area contributed by atoms with Gasteiger partial charge < -0.3 is 5.32 Å². The van der Waals surface area contributed by atoms with E-state index in [1.165, 1.54) is 11.2 Å². The van der Waals surface area contributed by atoms with Crippen LogP contribution >= 0.6 is 11.3 Å². The topological polar surface area (TPSA) is 72.7 Å². The molecule has 1 N–H and O–H groups in total. The first-order valence-electron chi connectivity index (χ1n) is 8.17. The number of pyridine rings is 1. The normalized spacial score (nSPS) is 22.3. The van der Waals surface area contributed by atoms with Gasteiger partial charge in [0.15, 0.2) is 5.78 Å². The number of hydrogen-bond donors (Lipinski definition) is 1. The highest BCUT2D eigenvalue weighted by molar-refractivity contribution is 7.10. The number of hydrogen-bond acceptors (Lipinski definition) is 6. The van der Waals surface area contributed by atoms with E-state index >= 15 is 0 Å². The number of ketones is 1. The summed E-state index contributed by atoms with van der Waals surface area (Å²) in [6.45, 7) is 0. The van der Waals surface area contributed by atoms with Crippen molar-refractivity contribution >= 4 is 23.1 Å². The van der Waals surface area contributed by atoms with Crippen LogP contribution in [0.2, 0.25) is 0 Å². The predicted molar refractivity (Wildman–Crippen MR) is 94.3 cm³/mol. The Balaban J connectivity index is 1.63. The van der Waals surface area contributed by atoms with Gasteiger partial charge in [0.05, 0.1) is 0 Å². The van der Waals surface area contributed by atoms with Crippen molar-refractivity contribution in [3.8, 4) is 0 Å². The van der Waals surface area contributed by atoms with Gasteiger partial charge in [0.1, 0.15) is 12.4 Å². The highest BCUT2D eigenvalue weighted by Crippen LogP contribution is 2.44. The fourth-order valence-corrected chi connectivity index (χ4v) is 4.55. The standard InChI is InChI=1S/C18H15N5OS/c24-14-8-12(15-4-2-6-25-15)7-13-16(14)17(11-3-1-5-19-9-11)23-18(22-13)20-10-21-23/h1-6,9-10,12,17H,7-8H2,(H,20,21,22)/t12-,17+/m0/s1. The third kappa shape index (κ3) is 2.31. The smallest absolute Gasteiger partial charge is 0.226 e. The molecular weight excluding hydrogens is 334 g/mol. The maximum absolute atomic E-state index is 13.1. The molecule has 0 aromatic carbocycles. The number of carbonyl (C=O) groups is 1. The van der Waals surface area contributed by atoms with Gasteiger partial charge in [-0.2, -0.15) is 10.1 Å². The van der Waals surface area contributed by atoms with E-state index in [0.717, 1.165) is 23.3 Å². The van der Waals surface area contributed by atoms with Crippen molar-refractivity contribution in [1.82, 2.24) is 19.7 Å². The largest absolute Gasteiger partial charge is 0.328 e. The van der Waals surface area contributed by atoms with E-state index in [-0.39, 0.29) is 17.7 Å². The first-order valence-corrected chi connectivity index (χ1v) is 9.05. The lowest BCUT2D eigenvalue weighted by Gasteiger charge is -2.34. The Labute approximate surface area is 148 Å². The van der Waals surface area contributed by atoms with Crippen molar-refractivity contribution in [2.75, 3.05) is 5.32 Å². The molecule has 2 atom stereocenters. The molecule has 1 aliphatic carbocycles. The predicted octanol–water partition coefficient (Wildman–Crippen LogP) is 3.15. The van der Waals surface area contributed by atoms with Crippen molar-refractivity contribution in [3.05, 3.63) is 70.1 Å². The summed E-state index contributed by atoms with van der Waals surface area (Å²) in [4.78, 5) is 22.9. The van der Waals surface area contributed by atoms with Gasteiger partial charge >= 0.3 is 0 Å². The van der Waals surface area contributed by atoms with Gasteiger partial charge in [0, 0.05) is 40.9 Å². The lowest BCUT2D eigenvalue weighted by Crippen LogP contribution is -2.33. The monoisotopic (exact) mass is 349 g/mol. The first kappa shape index (κ1) is 14.5. The highest BCUT2D eigenvalue weighted by atomic mass is 32.1. The van der Waals surface area contributed by atoms with Gasteiger partial charge in [-0.15, -0.1) is 11.3 Å². The molecule has 0 spiro atoms. The first-order chi connectivity index (χ1) is 12.3. The van der Waals surface area contributed by atoms with E-state index in [9.17, 15) is 4.79 Å². The number of allylic oxidation sites excluding steroid dienone is 2. The molecule has 1 aliphatic heterocycles. The Kier molecular flexibility index (Phi) is 3.27. The lowest BCUT2D eigenvalue weighted by atomic mass is 9.80. The summed E-state index contributed by atoms with van der Waals surface area (Å²) in [6, 6.07) is 7.75. The Morgan fingerprint density at radius 2 is 2.20 bits per heavy atom. The van der Waals surface area contributed by atoms with Crippen molar-refractivity contribution in [1.29, 1.82) is 0 Å². The number of aromatic nitrogens is 4. The Morgan fingerprint density at radius 3 is 3.00 bits per heavy atom. The number of rotatable bonds is 2. The number of nitrogens with zero attached hydrogens (tertiary/aromatic N) is 4. The molecule has 2 aliphatic rings. The molecule has 0 unspecified atom stereocenters. The summed E-state index contributed by atoms with van der Waals surface area (Å²) < 4.78 is 1.78. The zero-order chi connectivity index (χ0) is 16.8. The zero-order valence-corrected chi connectivity index (χ0v) is 14.1. The van der Waals surface area contributed by atoms with Crippen LogP contribution in [0.25, 0.3) is 0 Å². The molecule has 0 radical (unpaired) electrons. The molecule has 0 saturated heterocycles. The highest BCUT2D eigenvalue weighted by Gasteiger charge is 2.39. The summed E-state index contributed by atoms with van der Waals surface area (Å²) in [6.07, 6.45) is 6.39. The molecule has 5 rings (SSSR count). The van der Waals surface area contributed by atoms with Gasteiger partial charge in [0.2, 0.25) is 5.95 Å². The summed E-state index contributed by atoms with van der Waals surface area (Å²) in [5.74, 6) is 1.07. The van der Waals surface area contributed by atoms with Gasteiger partial charge in [-0.05, 0) is 29.5 Å². The second-order valence-corrected chi connectivity index (χ2v) is 7.26. The number of fused-ring (bicyclic) bond motifs is 1. The van der Waals surface area contributed by atoms with Crippen LogP contribution in [0.4, 0.5) is 5.95 Å². The summed E-state index contributed by atoms with van der Waals surface area (Å²) in [5.41, 5.74) is 2.70. The van der Waals surface area contributed by atoms with Crippen LogP contribution in [0.15, 0.2) is 59.6 Å². The quantitative estimate of drug-likeness (QED) is 0.769. The van der Waals surface area contributed by atoms with E-state index in [0.29, 0.717) is 12.4 Å². The number of Topliss-reactive ketones (excluding diaryl/α,β-unsaturated/α-hetero) is 1. The molecule has 124 valence electrons. The van der Waals surface area contributed by atoms with Crippen LogP contribution in [0.1, 0.15) is 35.2 Å². The number of thiophene rings is 1. The van der Waals surface area contributed by atoms with Crippen LogP contribution in [-0.2, 0) is 4.79 Å². The second kappa shape index (κ2) is 5.63. The van der Waals surface area contributed by atoms with Crippen molar-refractivity contribution < 1.29 is 4.79 Å². The molecule has 0 bridgehead atoms. The minimum atomic E-state index is -0.265. The van der Waals surface area contributed by atoms with E-state index in [1.54, 1.807) is 28.4 Å². The second-order valence-electron chi connectivity index (χ2n) is 6.28. The van der Waals surface area contributed by atoms with Gasteiger partial charge in [0.25, 0.3) is 0 Å². The van der Waals surface area contributed by atoms with E-state index in [2.05, 4.69) is 31.8 Å². The number of nitrogens with one attached hydrogen (secondary N) is 1. The maximum Gasteiger partial charge on any atom is 0.226 e. The minimum absolute atomic E-state index is 0.169. The van der Waals surface area contributed by atoms with E-state index < -0.39 is 0 Å². The zero-order valence-electron chi connectivity index (χ0n) is 13.3. The van der Waals surface area contributed by atoms with Crippen molar-refractivity contribution in [2.24, 2.45) is 0 Å². The van der Waals surface area contributed by atoms with E-state index in [1.807, 2.05) is 18.2 Å². The maximum atomic E-state index is 13.1. The fraction of sp³-hybridized carbons (Fsp3) is 0.222. The SMILES string of the molecule is O=C1C[C@@H](c2cccs2)CC2=C1[C@@H](c1cccnc1)n1ncnc1N2. The van der Waals surface area contributed by atoms with Crippen LogP contribution < -0.4 is 5.32 Å². The average Bonchev–Trinajstić information content (AvgIpc) is 3.32. The molecule has 3 aromatic heterocycles. The third-order valence-corrected chi connectivity index (χ3v) is 5.84. The van der Waals surface area contributed by atoms with Crippen LogP contribution in [0.5, 0.6) is 0 Å². The Bertz CT molecular complexity index is 961. The molecule has 6 nitrogen and oxygen atoms in total. The Hall–Kier alpha value is -2.80. The van der Waals surface area contributed by atoms with Gasteiger partial charge in [-0.3, -0.25) is 9.78 Å². The molecular formula is C18H15N5OS. The molecule has 0 amide bonds. The molecule has 7 heteroatoms. The van der Waals surface area contributed by atoms with Crippen LogP contribution in [-0.4, -0.2) is 25.5 Å². The fourth-order valence-electron chi connectivity index (χ4n) is 3.72. The summed E-state index contributed by atoms with van der Waals surface area (Å²) >= 11 is 1.71. The summed E-state index contributed by atoms with van der Waals surface area (Å²) in [5, 5.41) is 9.74. The van der Waals surface area contributed by atoms with E-state index in [4.69, 9.17) is 0 Å². The molecule has 0 saturated carbocycles. The Morgan fingerprint density at radius 1 is 1.24 bits per heavy atom. The number of anilines is 1. The molecule has 4 heterocycles. The van der Waals surface area contributed by atoms with Gasteiger partial charge in [-0.25, -0.2) is 4.68 Å².